The summed E-state index contributed by atoms with van der Waals surface area (Å²) < 4.78 is 5.66. The van der Waals surface area contributed by atoms with Crippen LogP contribution in [0.15, 0.2) is 42.2 Å². The Balaban J connectivity index is 1.67. The molecule has 0 unspecified atom stereocenters. The first-order chi connectivity index (χ1) is 14.1. The summed E-state index contributed by atoms with van der Waals surface area (Å²) in [4.78, 5) is 14.5. The number of nitrogen functional groups attached to an aromatic ring is 1. The van der Waals surface area contributed by atoms with Crippen LogP contribution in [0.1, 0.15) is 45.1 Å². The lowest BCUT2D eigenvalue weighted by Gasteiger charge is -2.15. The van der Waals surface area contributed by atoms with E-state index in [9.17, 15) is 0 Å². The number of nitrogens with zero attached hydrogens (tertiary/aromatic N) is 3. The van der Waals surface area contributed by atoms with Crippen molar-refractivity contribution in [3.8, 4) is 6.01 Å². The summed E-state index contributed by atoms with van der Waals surface area (Å²) in [5.74, 6) is 0.413. The monoisotopic (exact) mass is 395 g/mol. The predicted octanol–water partition coefficient (Wildman–Crippen LogP) is 4.42. The Morgan fingerprint density at radius 2 is 2.10 bits per heavy atom. The SMILES string of the molecule is C=C(/C=C\C(=C/C)CN1CCCC1)Cc1c[nH]c2c(N)nc(OCCCC)nc12. The number of aromatic amines is 1. The van der Waals surface area contributed by atoms with Gasteiger partial charge < -0.3 is 15.5 Å². The summed E-state index contributed by atoms with van der Waals surface area (Å²) in [6.45, 7) is 12.5. The Labute approximate surface area is 173 Å². The molecule has 3 N–H and O–H groups in total. The van der Waals surface area contributed by atoms with Crippen molar-refractivity contribution < 1.29 is 4.74 Å². The summed E-state index contributed by atoms with van der Waals surface area (Å²) in [7, 11) is 0. The zero-order valence-corrected chi connectivity index (χ0v) is 17.7. The van der Waals surface area contributed by atoms with Gasteiger partial charge in [0.25, 0.3) is 0 Å². The lowest BCUT2D eigenvalue weighted by molar-refractivity contribution is 0.287. The van der Waals surface area contributed by atoms with E-state index >= 15 is 0 Å². The van der Waals surface area contributed by atoms with Gasteiger partial charge >= 0.3 is 6.01 Å². The molecular formula is C23H33N5O. The van der Waals surface area contributed by atoms with Crippen molar-refractivity contribution >= 4 is 16.9 Å². The molecule has 0 radical (unpaired) electrons. The van der Waals surface area contributed by atoms with Crippen molar-refractivity contribution in [2.24, 2.45) is 0 Å². The molecule has 1 saturated heterocycles. The first-order valence-corrected chi connectivity index (χ1v) is 10.6. The van der Waals surface area contributed by atoms with Crippen LogP contribution >= 0.6 is 0 Å². The number of allylic oxidation sites excluding steroid dienone is 3. The molecular weight excluding hydrogens is 362 g/mol. The van der Waals surface area contributed by atoms with Crippen molar-refractivity contribution in [3.05, 3.63) is 47.7 Å². The van der Waals surface area contributed by atoms with Crippen molar-refractivity contribution in [1.82, 2.24) is 19.9 Å². The van der Waals surface area contributed by atoms with Crippen LogP contribution in [-0.2, 0) is 6.42 Å². The van der Waals surface area contributed by atoms with E-state index in [1.807, 2.05) is 6.20 Å². The standard InChI is InChI=1S/C23H33N5O/c1-4-6-13-29-23-26-20-19(15-25-21(20)22(24)27-23)14-17(3)9-10-18(5-2)16-28-11-7-8-12-28/h5,9-10,15,25H,3-4,6-8,11-14,16H2,1-2H3,(H2,24,26,27)/b10-9-,18-5+. The third-order valence-electron chi connectivity index (χ3n) is 5.27. The maximum atomic E-state index is 6.09. The molecule has 1 fully saturated rings. The van der Waals surface area contributed by atoms with Crippen LogP contribution in [0.25, 0.3) is 11.0 Å². The number of H-pyrrole nitrogens is 1. The average Bonchev–Trinajstić information content (AvgIpc) is 3.36. The maximum absolute atomic E-state index is 6.09. The number of ether oxygens (including phenoxy) is 1. The van der Waals surface area contributed by atoms with Crippen LogP contribution in [0.5, 0.6) is 6.01 Å². The zero-order valence-electron chi connectivity index (χ0n) is 17.7. The van der Waals surface area contributed by atoms with Crippen LogP contribution in [0, 0.1) is 0 Å². The Kier molecular flexibility index (Phi) is 7.47. The number of unbranched alkanes of at least 4 members (excludes halogenated alkanes) is 1. The van der Waals surface area contributed by atoms with Crippen LogP contribution in [-0.4, -0.2) is 46.1 Å². The third-order valence-corrected chi connectivity index (χ3v) is 5.27. The lowest BCUT2D eigenvalue weighted by Crippen LogP contribution is -2.21. The van der Waals surface area contributed by atoms with E-state index in [4.69, 9.17) is 10.5 Å². The van der Waals surface area contributed by atoms with E-state index in [1.165, 1.54) is 31.5 Å². The predicted molar refractivity (Wildman–Crippen MR) is 120 cm³/mol. The topological polar surface area (TPSA) is 80.1 Å². The van der Waals surface area contributed by atoms with E-state index in [2.05, 4.69) is 58.5 Å². The van der Waals surface area contributed by atoms with Crippen LogP contribution in [0.4, 0.5) is 5.82 Å². The van der Waals surface area contributed by atoms with Gasteiger partial charge in [0.15, 0.2) is 5.82 Å². The normalized spacial score (nSPS) is 15.6. The summed E-state index contributed by atoms with van der Waals surface area (Å²) in [6, 6.07) is 0.340. The minimum absolute atomic E-state index is 0.340. The summed E-state index contributed by atoms with van der Waals surface area (Å²) >= 11 is 0. The molecule has 1 aliphatic rings. The second kappa shape index (κ2) is 10.3. The highest BCUT2D eigenvalue weighted by Gasteiger charge is 2.13. The highest BCUT2D eigenvalue weighted by atomic mass is 16.5. The van der Waals surface area contributed by atoms with E-state index in [-0.39, 0.29) is 0 Å². The fourth-order valence-electron chi connectivity index (χ4n) is 3.53. The number of likely N-dealkylation sites (tertiary alicyclic amines) is 1. The molecule has 3 heterocycles. The minimum atomic E-state index is 0.340. The number of rotatable bonds is 10. The highest BCUT2D eigenvalue weighted by Crippen LogP contribution is 2.25. The molecule has 6 nitrogen and oxygen atoms in total. The lowest BCUT2D eigenvalue weighted by atomic mass is 10.1. The molecule has 0 aromatic carbocycles. The number of fused-ring (bicyclic) bond motifs is 1. The van der Waals surface area contributed by atoms with Gasteiger partial charge in [0.2, 0.25) is 0 Å². The van der Waals surface area contributed by atoms with Gasteiger partial charge in [-0.15, -0.1) is 0 Å². The van der Waals surface area contributed by atoms with Gasteiger partial charge in [0, 0.05) is 24.7 Å². The van der Waals surface area contributed by atoms with Gasteiger partial charge in [0.05, 0.1) is 6.61 Å². The quantitative estimate of drug-likeness (QED) is 0.460. The molecule has 0 atom stereocenters. The molecule has 1 aliphatic heterocycles. The van der Waals surface area contributed by atoms with Crippen molar-refractivity contribution in [2.45, 2.75) is 46.0 Å². The van der Waals surface area contributed by atoms with Crippen molar-refractivity contribution in [1.29, 1.82) is 0 Å². The molecule has 0 saturated carbocycles. The van der Waals surface area contributed by atoms with Gasteiger partial charge in [-0.25, -0.2) is 0 Å². The van der Waals surface area contributed by atoms with Crippen molar-refractivity contribution in [3.63, 3.8) is 0 Å². The highest BCUT2D eigenvalue weighted by molar-refractivity contribution is 5.87. The van der Waals surface area contributed by atoms with E-state index in [0.717, 1.165) is 41.6 Å². The number of hydrogen-bond acceptors (Lipinski definition) is 5. The Hall–Kier alpha value is -2.60. The molecule has 0 spiro atoms. The van der Waals surface area contributed by atoms with E-state index in [0.29, 0.717) is 24.9 Å². The Bertz CT molecular complexity index is 890. The molecule has 3 rings (SSSR count). The number of aromatic nitrogens is 3. The second-order valence-electron chi connectivity index (χ2n) is 7.65. The van der Waals surface area contributed by atoms with E-state index < -0.39 is 0 Å². The maximum Gasteiger partial charge on any atom is 0.319 e. The fourth-order valence-corrected chi connectivity index (χ4v) is 3.53. The molecule has 29 heavy (non-hydrogen) atoms. The van der Waals surface area contributed by atoms with Crippen molar-refractivity contribution in [2.75, 3.05) is 32.0 Å². The Morgan fingerprint density at radius 1 is 1.31 bits per heavy atom. The summed E-state index contributed by atoms with van der Waals surface area (Å²) in [5, 5.41) is 0. The Morgan fingerprint density at radius 3 is 2.83 bits per heavy atom. The van der Waals surface area contributed by atoms with E-state index in [1.54, 1.807) is 0 Å². The van der Waals surface area contributed by atoms with Crippen LogP contribution < -0.4 is 10.5 Å². The number of nitrogens with two attached hydrogens (primary N) is 1. The molecule has 6 heteroatoms. The number of hydrogen-bond donors (Lipinski definition) is 2. The van der Waals surface area contributed by atoms with Gasteiger partial charge in [0.1, 0.15) is 11.0 Å². The largest absolute Gasteiger partial charge is 0.463 e. The van der Waals surface area contributed by atoms with Gasteiger partial charge in [-0.05, 0) is 44.8 Å². The minimum Gasteiger partial charge on any atom is -0.463 e. The van der Waals surface area contributed by atoms with Gasteiger partial charge in [-0.1, -0.05) is 43.7 Å². The molecule has 0 amide bonds. The summed E-state index contributed by atoms with van der Waals surface area (Å²) in [5.41, 5.74) is 11.0. The molecule has 0 bridgehead atoms. The molecule has 2 aromatic heterocycles. The third kappa shape index (κ3) is 5.70. The number of nitrogens with one attached hydrogen (secondary N) is 1. The molecule has 0 aliphatic carbocycles. The second-order valence-corrected chi connectivity index (χ2v) is 7.65. The van der Waals surface area contributed by atoms with Crippen LogP contribution in [0.2, 0.25) is 0 Å². The number of anilines is 1. The smallest absolute Gasteiger partial charge is 0.319 e. The first kappa shape index (κ1) is 21.1. The van der Waals surface area contributed by atoms with Crippen LogP contribution in [0.3, 0.4) is 0 Å². The zero-order chi connectivity index (χ0) is 20.6. The average molecular weight is 396 g/mol. The van der Waals surface area contributed by atoms with Gasteiger partial charge in [-0.2, -0.15) is 9.97 Å². The fraction of sp³-hybridized carbons (Fsp3) is 0.478. The molecule has 156 valence electrons. The summed E-state index contributed by atoms with van der Waals surface area (Å²) in [6.07, 6.45) is 13.7. The molecule has 2 aromatic rings. The first-order valence-electron chi connectivity index (χ1n) is 10.6. The van der Waals surface area contributed by atoms with Gasteiger partial charge in [-0.3, -0.25) is 4.90 Å².